The minimum absolute atomic E-state index is 0.0254. The fourth-order valence-corrected chi connectivity index (χ4v) is 1.93. The van der Waals surface area contributed by atoms with E-state index in [0.29, 0.717) is 6.21 Å². The van der Waals surface area contributed by atoms with Gasteiger partial charge in [0.2, 0.25) is 0 Å². The summed E-state index contributed by atoms with van der Waals surface area (Å²) in [5.41, 5.74) is -1.20. The van der Waals surface area contributed by atoms with E-state index in [-0.39, 0.29) is 17.0 Å². The molecule has 0 aliphatic carbocycles. The first-order valence-electron chi connectivity index (χ1n) is 7.05. The van der Waals surface area contributed by atoms with Gasteiger partial charge in [0, 0.05) is 6.21 Å². The number of rotatable bonds is 5. The molecule has 1 aromatic carbocycles. The molecular formula is C17H12F3NO5. The number of halogens is 3. The lowest BCUT2D eigenvalue weighted by Crippen LogP contribution is -2.26. The van der Waals surface area contributed by atoms with Gasteiger partial charge in [0.05, 0.1) is 30.2 Å². The quantitative estimate of drug-likeness (QED) is 0.375. The van der Waals surface area contributed by atoms with E-state index in [0.717, 1.165) is 13.4 Å². The number of aliphatic hydroxyl groups is 1. The number of alkyl halides is 3. The van der Waals surface area contributed by atoms with E-state index >= 15 is 0 Å². The van der Waals surface area contributed by atoms with Gasteiger partial charge < -0.3 is 14.3 Å². The second-order valence-electron chi connectivity index (χ2n) is 4.83. The van der Waals surface area contributed by atoms with Crippen molar-refractivity contribution in [2.24, 2.45) is 4.99 Å². The van der Waals surface area contributed by atoms with Crippen LogP contribution >= 0.6 is 0 Å². The number of benzene rings is 1. The highest BCUT2D eigenvalue weighted by atomic mass is 19.4. The van der Waals surface area contributed by atoms with Gasteiger partial charge in [-0.05, 0) is 24.3 Å². The number of nitrogens with zero attached hydrogens (tertiary/aromatic N) is 1. The SMILES string of the molecule is COC(=O)c1ccccc1N=C/C(C(=O)C(F)(F)F)=C(/O)c1ccco1. The van der Waals surface area contributed by atoms with Crippen LogP contribution in [0.1, 0.15) is 16.1 Å². The maximum Gasteiger partial charge on any atom is 0.455 e. The number of carbonyl (C=O) groups excluding carboxylic acids is 2. The number of ketones is 1. The molecule has 0 unspecified atom stereocenters. The Balaban J connectivity index is 2.53. The molecule has 0 fully saturated rings. The first-order valence-corrected chi connectivity index (χ1v) is 7.05. The third-order valence-electron chi connectivity index (χ3n) is 3.15. The van der Waals surface area contributed by atoms with Crippen LogP contribution in [0.5, 0.6) is 0 Å². The molecule has 0 aliphatic rings. The molecule has 0 radical (unpaired) electrons. The summed E-state index contributed by atoms with van der Waals surface area (Å²) in [6, 6.07) is 8.17. The van der Waals surface area contributed by atoms with Gasteiger partial charge in [0.15, 0.2) is 11.5 Å². The summed E-state index contributed by atoms with van der Waals surface area (Å²) in [6.07, 6.45) is -3.61. The molecule has 1 heterocycles. The normalized spacial score (nSPS) is 12.8. The summed E-state index contributed by atoms with van der Waals surface area (Å²) in [6.45, 7) is 0. The van der Waals surface area contributed by atoms with Crippen LogP contribution in [0.15, 0.2) is 57.6 Å². The maximum atomic E-state index is 12.8. The highest BCUT2D eigenvalue weighted by molar-refractivity contribution is 6.20. The lowest BCUT2D eigenvalue weighted by molar-refractivity contribution is -0.165. The predicted octanol–water partition coefficient (Wildman–Crippen LogP) is 3.87. The number of para-hydroxylation sites is 1. The zero-order chi connectivity index (χ0) is 19.3. The van der Waals surface area contributed by atoms with Crippen molar-refractivity contribution in [1.29, 1.82) is 0 Å². The summed E-state index contributed by atoms with van der Waals surface area (Å²) in [7, 11) is 1.13. The third kappa shape index (κ3) is 4.18. The van der Waals surface area contributed by atoms with Crippen molar-refractivity contribution >= 4 is 29.4 Å². The van der Waals surface area contributed by atoms with E-state index in [4.69, 9.17) is 4.42 Å². The first-order chi connectivity index (χ1) is 12.3. The van der Waals surface area contributed by atoms with Crippen molar-refractivity contribution in [3.05, 3.63) is 59.6 Å². The molecule has 136 valence electrons. The third-order valence-corrected chi connectivity index (χ3v) is 3.15. The maximum absolute atomic E-state index is 12.8. The molecule has 26 heavy (non-hydrogen) atoms. The number of esters is 1. The largest absolute Gasteiger partial charge is 0.504 e. The fraction of sp³-hybridized carbons (Fsp3) is 0.118. The van der Waals surface area contributed by atoms with Crippen LogP contribution in [-0.2, 0) is 9.53 Å². The summed E-state index contributed by atoms with van der Waals surface area (Å²) in [5, 5.41) is 9.99. The summed E-state index contributed by atoms with van der Waals surface area (Å²) < 4.78 is 47.8. The van der Waals surface area contributed by atoms with Gasteiger partial charge in [-0.2, -0.15) is 13.2 Å². The number of hydrogen-bond donors (Lipinski definition) is 1. The summed E-state index contributed by atoms with van der Waals surface area (Å²) >= 11 is 0. The van der Waals surface area contributed by atoms with Gasteiger partial charge in [-0.25, -0.2) is 4.79 Å². The number of allylic oxidation sites excluding steroid dienone is 1. The van der Waals surface area contributed by atoms with E-state index in [9.17, 15) is 27.9 Å². The Kier molecular flexibility index (Phi) is 5.61. The molecule has 0 saturated heterocycles. The highest BCUT2D eigenvalue weighted by Gasteiger charge is 2.42. The van der Waals surface area contributed by atoms with Crippen LogP contribution in [0.2, 0.25) is 0 Å². The van der Waals surface area contributed by atoms with Crippen LogP contribution in [0, 0.1) is 0 Å². The average Bonchev–Trinajstić information content (AvgIpc) is 3.15. The summed E-state index contributed by atoms with van der Waals surface area (Å²) in [5.74, 6) is -4.45. The Morgan fingerprint density at radius 3 is 2.46 bits per heavy atom. The molecule has 0 saturated carbocycles. The topological polar surface area (TPSA) is 89.1 Å². The second kappa shape index (κ2) is 7.68. The Labute approximate surface area is 145 Å². The zero-order valence-corrected chi connectivity index (χ0v) is 13.3. The smallest absolute Gasteiger partial charge is 0.455 e. The number of aliphatic imine (C=N–C) groups is 1. The zero-order valence-electron chi connectivity index (χ0n) is 13.3. The lowest BCUT2D eigenvalue weighted by atomic mass is 10.1. The fourth-order valence-electron chi connectivity index (χ4n) is 1.93. The van der Waals surface area contributed by atoms with Crippen molar-refractivity contribution < 1.29 is 37.0 Å². The molecule has 0 amide bonds. The highest BCUT2D eigenvalue weighted by Crippen LogP contribution is 2.26. The minimum atomic E-state index is -5.25. The van der Waals surface area contributed by atoms with Crippen LogP contribution in [0.4, 0.5) is 18.9 Å². The lowest BCUT2D eigenvalue weighted by Gasteiger charge is -2.08. The monoisotopic (exact) mass is 367 g/mol. The van der Waals surface area contributed by atoms with Gasteiger partial charge in [0.1, 0.15) is 0 Å². The van der Waals surface area contributed by atoms with Crippen molar-refractivity contribution in [1.82, 2.24) is 0 Å². The Bertz CT molecular complexity index is 867. The summed E-state index contributed by atoms with van der Waals surface area (Å²) in [4.78, 5) is 27.0. The number of hydrogen-bond acceptors (Lipinski definition) is 6. The molecule has 0 bridgehead atoms. The average molecular weight is 367 g/mol. The number of ether oxygens (including phenoxy) is 1. The molecule has 2 rings (SSSR count). The molecule has 6 nitrogen and oxygen atoms in total. The van der Waals surface area contributed by atoms with E-state index < -0.39 is 29.3 Å². The van der Waals surface area contributed by atoms with Gasteiger partial charge in [0.25, 0.3) is 5.78 Å². The second-order valence-corrected chi connectivity index (χ2v) is 4.83. The predicted molar refractivity (Wildman–Crippen MR) is 85.3 cm³/mol. The van der Waals surface area contributed by atoms with Crippen LogP contribution in [0.3, 0.4) is 0 Å². The van der Waals surface area contributed by atoms with Crippen molar-refractivity contribution in [2.75, 3.05) is 7.11 Å². The Morgan fingerprint density at radius 2 is 1.88 bits per heavy atom. The molecule has 2 aromatic rings. The van der Waals surface area contributed by atoms with E-state index in [1.165, 1.54) is 36.4 Å². The number of methoxy groups -OCH3 is 1. The molecule has 0 aliphatic heterocycles. The molecule has 1 N–H and O–H groups in total. The molecular weight excluding hydrogens is 355 g/mol. The Hall–Kier alpha value is -3.36. The minimum Gasteiger partial charge on any atom is -0.504 e. The van der Waals surface area contributed by atoms with Gasteiger partial charge >= 0.3 is 12.1 Å². The molecule has 9 heteroatoms. The molecule has 1 aromatic heterocycles. The molecule has 0 atom stereocenters. The van der Waals surface area contributed by atoms with Crippen LogP contribution < -0.4 is 0 Å². The van der Waals surface area contributed by atoms with E-state index in [1.807, 2.05) is 0 Å². The van der Waals surface area contributed by atoms with Gasteiger partial charge in [-0.15, -0.1) is 0 Å². The Morgan fingerprint density at radius 1 is 1.19 bits per heavy atom. The standard InChI is InChI=1S/C17H12F3NO5/c1-25-16(24)10-5-2-3-6-12(10)21-9-11(15(23)17(18,19)20)14(22)13-7-4-8-26-13/h2-9,22H,1H3/b14-11-,21-9?. The van der Waals surface area contributed by atoms with Crippen molar-refractivity contribution in [2.45, 2.75) is 6.18 Å². The van der Waals surface area contributed by atoms with Crippen molar-refractivity contribution in [3.63, 3.8) is 0 Å². The number of Topliss-reactive ketones (excluding diaryl/α,β-unsaturated/α-hetero) is 1. The number of carbonyl (C=O) groups is 2. The van der Waals surface area contributed by atoms with Crippen molar-refractivity contribution in [3.8, 4) is 0 Å². The van der Waals surface area contributed by atoms with Crippen LogP contribution in [0.25, 0.3) is 5.76 Å². The first kappa shape index (κ1) is 19.0. The number of furan rings is 1. The number of aliphatic hydroxyl groups excluding tert-OH is 1. The molecule has 0 spiro atoms. The van der Waals surface area contributed by atoms with E-state index in [2.05, 4.69) is 9.73 Å². The van der Waals surface area contributed by atoms with Gasteiger partial charge in [-0.1, -0.05) is 12.1 Å². The van der Waals surface area contributed by atoms with Crippen LogP contribution in [-0.4, -0.2) is 36.4 Å². The van der Waals surface area contributed by atoms with Gasteiger partial charge in [-0.3, -0.25) is 9.79 Å². The van der Waals surface area contributed by atoms with E-state index in [1.54, 1.807) is 0 Å².